The summed E-state index contributed by atoms with van der Waals surface area (Å²) in [5, 5.41) is 9.57. The standard InChI is InChI=1S/C11H17NO/c1-11(2,13)7-9-3-5-10(8-12)6-4-9/h3-6,13H,7-8,12H2,1-2H3. The van der Waals surface area contributed by atoms with Crippen LogP contribution in [0.5, 0.6) is 0 Å². The second kappa shape index (κ2) is 3.90. The van der Waals surface area contributed by atoms with Gasteiger partial charge in [0.25, 0.3) is 0 Å². The van der Waals surface area contributed by atoms with Crippen molar-refractivity contribution in [3.05, 3.63) is 35.4 Å². The molecule has 0 amide bonds. The van der Waals surface area contributed by atoms with Crippen molar-refractivity contribution in [1.29, 1.82) is 0 Å². The smallest absolute Gasteiger partial charge is 0.0631 e. The molecule has 0 saturated heterocycles. The molecule has 0 aliphatic carbocycles. The van der Waals surface area contributed by atoms with E-state index in [1.807, 2.05) is 38.1 Å². The molecule has 2 heteroatoms. The van der Waals surface area contributed by atoms with Gasteiger partial charge in [-0.1, -0.05) is 24.3 Å². The molecule has 1 rings (SSSR count). The molecule has 0 aromatic heterocycles. The number of hydrogen-bond donors (Lipinski definition) is 2. The molecule has 3 N–H and O–H groups in total. The van der Waals surface area contributed by atoms with Gasteiger partial charge in [-0.2, -0.15) is 0 Å². The summed E-state index contributed by atoms with van der Waals surface area (Å²) in [5.41, 5.74) is 7.11. The summed E-state index contributed by atoms with van der Waals surface area (Å²) in [7, 11) is 0. The van der Waals surface area contributed by atoms with E-state index in [1.165, 1.54) is 0 Å². The number of benzene rings is 1. The summed E-state index contributed by atoms with van der Waals surface area (Å²) in [4.78, 5) is 0. The zero-order chi connectivity index (χ0) is 9.90. The van der Waals surface area contributed by atoms with Crippen LogP contribution >= 0.6 is 0 Å². The first kappa shape index (κ1) is 10.2. The van der Waals surface area contributed by atoms with Crippen molar-refractivity contribution in [2.45, 2.75) is 32.4 Å². The first-order valence-corrected chi connectivity index (χ1v) is 4.51. The molecule has 72 valence electrons. The summed E-state index contributed by atoms with van der Waals surface area (Å²) >= 11 is 0. The molecular weight excluding hydrogens is 162 g/mol. The van der Waals surface area contributed by atoms with Crippen LogP contribution < -0.4 is 5.73 Å². The van der Waals surface area contributed by atoms with E-state index >= 15 is 0 Å². The van der Waals surface area contributed by atoms with E-state index in [0.717, 1.165) is 11.1 Å². The third-order valence-electron chi connectivity index (χ3n) is 1.90. The molecule has 0 heterocycles. The molecule has 0 fully saturated rings. The Labute approximate surface area is 79.4 Å². The maximum absolute atomic E-state index is 9.57. The molecule has 0 atom stereocenters. The monoisotopic (exact) mass is 179 g/mol. The van der Waals surface area contributed by atoms with Crippen molar-refractivity contribution in [3.63, 3.8) is 0 Å². The van der Waals surface area contributed by atoms with Gasteiger partial charge in [0.2, 0.25) is 0 Å². The summed E-state index contributed by atoms with van der Waals surface area (Å²) < 4.78 is 0. The lowest BCUT2D eigenvalue weighted by molar-refractivity contribution is 0.0810. The van der Waals surface area contributed by atoms with Gasteiger partial charge < -0.3 is 10.8 Å². The molecule has 0 radical (unpaired) electrons. The Morgan fingerprint density at radius 3 is 2.00 bits per heavy atom. The average Bonchev–Trinajstić information content (AvgIpc) is 2.03. The van der Waals surface area contributed by atoms with Gasteiger partial charge in [0.1, 0.15) is 0 Å². The van der Waals surface area contributed by atoms with Crippen LogP contribution in [0.1, 0.15) is 25.0 Å². The predicted molar refractivity (Wildman–Crippen MR) is 54.3 cm³/mol. The van der Waals surface area contributed by atoms with E-state index < -0.39 is 5.60 Å². The first-order valence-electron chi connectivity index (χ1n) is 4.51. The minimum absolute atomic E-state index is 0.572. The van der Waals surface area contributed by atoms with E-state index in [1.54, 1.807) is 0 Å². The number of nitrogens with two attached hydrogens (primary N) is 1. The lowest BCUT2D eigenvalue weighted by Crippen LogP contribution is -2.21. The fraction of sp³-hybridized carbons (Fsp3) is 0.455. The molecule has 0 unspecified atom stereocenters. The third-order valence-corrected chi connectivity index (χ3v) is 1.90. The molecule has 13 heavy (non-hydrogen) atoms. The fourth-order valence-electron chi connectivity index (χ4n) is 1.29. The van der Waals surface area contributed by atoms with E-state index in [4.69, 9.17) is 5.73 Å². The highest BCUT2D eigenvalue weighted by Crippen LogP contribution is 2.12. The topological polar surface area (TPSA) is 46.2 Å². The molecule has 2 nitrogen and oxygen atoms in total. The highest BCUT2D eigenvalue weighted by Gasteiger charge is 2.12. The minimum atomic E-state index is -0.635. The minimum Gasteiger partial charge on any atom is -0.390 e. The molecule has 0 saturated carbocycles. The van der Waals surface area contributed by atoms with Crippen molar-refractivity contribution in [2.24, 2.45) is 5.73 Å². The third kappa shape index (κ3) is 3.57. The van der Waals surface area contributed by atoms with Crippen LogP contribution in [-0.4, -0.2) is 10.7 Å². The van der Waals surface area contributed by atoms with Gasteiger partial charge in [0, 0.05) is 13.0 Å². The Kier molecular flexibility index (Phi) is 3.07. The van der Waals surface area contributed by atoms with Crippen LogP contribution in [0.15, 0.2) is 24.3 Å². The largest absolute Gasteiger partial charge is 0.390 e. The molecule has 1 aromatic carbocycles. The summed E-state index contributed by atoms with van der Waals surface area (Å²) in [5.74, 6) is 0. The molecule has 0 aliphatic rings. The van der Waals surface area contributed by atoms with Gasteiger partial charge in [-0.3, -0.25) is 0 Å². The molecule has 0 bridgehead atoms. The first-order chi connectivity index (χ1) is 6.01. The van der Waals surface area contributed by atoms with Gasteiger partial charge in [-0.25, -0.2) is 0 Å². The molecule has 0 aliphatic heterocycles. The Bertz CT molecular complexity index is 258. The SMILES string of the molecule is CC(C)(O)Cc1ccc(CN)cc1. The van der Waals surface area contributed by atoms with Crippen LogP contribution in [0, 0.1) is 0 Å². The quantitative estimate of drug-likeness (QED) is 0.738. The molecule has 0 spiro atoms. The Hall–Kier alpha value is -0.860. The fourth-order valence-corrected chi connectivity index (χ4v) is 1.29. The van der Waals surface area contributed by atoms with Crippen LogP contribution in [0.4, 0.5) is 0 Å². The predicted octanol–water partition coefficient (Wildman–Crippen LogP) is 1.46. The maximum atomic E-state index is 9.57. The normalized spacial score (nSPS) is 11.7. The van der Waals surface area contributed by atoms with Crippen LogP contribution in [0.3, 0.4) is 0 Å². The van der Waals surface area contributed by atoms with E-state index in [9.17, 15) is 5.11 Å². The second-order valence-electron chi connectivity index (χ2n) is 4.01. The second-order valence-corrected chi connectivity index (χ2v) is 4.01. The van der Waals surface area contributed by atoms with Crippen molar-refractivity contribution < 1.29 is 5.11 Å². The molecular formula is C11H17NO. The summed E-state index contributed by atoms with van der Waals surface area (Å²) in [6.45, 7) is 4.19. The molecule has 1 aromatic rings. The Morgan fingerprint density at radius 2 is 1.62 bits per heavy atom. The number of hydrogen-bond acceptors (Lipinski definition) is 2. The number of aliphatic hydroxyl groups is 1. The van der Waals surface area contributed by atoms with Crippen LogP contribution in [0.25, 0.3) is 0 Å². The van der Waals surface area contributed by atoms with Crippen molar-refractivity contribution >= 4 is 0 Å². The van der Waals surface area contributed by atoms with Gasteiger partial charge >= 0.3 is 0 Å². The summed E-state index contributed by atoms with van der Waals surface area (Å²) in [6, 6.07) is 8.03. The van der Waals surface area contributed by atoms with Gasteiger partial charge in [0.15, 0.2) is 0 Å². The van der Waals surface area contributed by atoms with Crippen LogP contribution in [-0.2, 0) is 13.0 Å². The zero-order valence-corrected chi connectivity index (χ0v) is 8.25. The maximum Gasteiger partial charge on any atom is 0.0631 e. The highest BCUT2D eigenvalue weighted by molar-refractivity contribution is 5.23. The van der Waals surface area contributed by atoms with Gasteiger partial charge in [-0.15, -0.1) is 0 Å². The van der Waals surface area contributed by atoms with Crippen molar-refractivity contribution in [2.75, 3.05) is 0 Å². The highest BCUT2D eigenvalue weighted by atomic mass is 16.3. The van der Waals surface area contributed by atoms with Gasteiger partial charge in [0.05, 0.1) is 5.60 Å². The van der Waals surface area contributed by atoms with Crippen molar-refractivity contribution in [1.82, 2.24) is 0 Å². The summed E-state index contributed by atoms with van der Waals surface area (Å²) in [6.07, 6.45) is 0.678. The van der Waals surface area contributed by atoms with Gasteiger partial charge in [-0.05, 0) is 25.0 Å². The van der Waals surface area contributed by atoms with Crippen molar-refractivity contribution in [3.8, 4) is 0 Å². The average molecular weight is 179 g/mol. The Morgan fingerprint density at radius 1 is 1.15 bits per heavy atom. The Balaban J connectivity index is 2.70. The van der Waals surface area contributed by atoms with Crippen LogP contribution in [0.2, 0.25) is 0 Å². The lowest BCUT2D eigenvalue weighted by atomic mass is 9.98. The van der Waals surface area contributed by atoms with E-state index in [-0.39, 0.29) is 0 Å². The zero-order valence-electron chi connectivity index (χ0n) is 8.25. The van der Waals surface area contributed by atoms with E-state index in [2.05, 4.69) is 0 Å². The number of rotatable bonds is 3. The lowest BCUT2D eigenvalue weighted by Gasteiger charge is -2.16. The van der Waals surface area contributed by atoms with E-state index in [0.29, 0.717) is 13.0 Å².